The summed E-state index contributed by atoms with van der Waals surface area (Å²) in [5.74, 6) is 1.49. The molecule has 0 radical (unpaired) electrons. The van der Waals surface area contributed by atoms with E-state index >= 15 is 0 Å². The lowest BCUT2D eigenvalue weighted by molar-refractivity contribution is 0.129. The van der Waals surface area contributed by atoms with Crippen LogP contribution < -0.4 is 10.5 Å². The lowest BCUT2D eigenvalue weighted by Crippen LogP contribution is -2.27. The highest BCUT2D eigenvalue weighted by molar-refractivity contribution is 7.89. The quantitative estimate of drug-likeness (QED) is 0.688. The molecule has 0 unspecified atom stereocenters. The molecule has 6 nitrogen and oxygen atoms in total. The van der Waals surface area contributed by atoms with Gasteiger partial charge in [0.1, 0.15) is 16.4 Å². The summed E-state index contributed by atoms with van der Waals surface area (Å²) in [7, 11) is -3.54. The van der Waals surface area contributed by atoms with Gasteiger partial charge in [-0.2, -0.15) is 0 Å². The second kappa shape index (κ2) is 6.04. The van der Waals surface area contributed by atoms with E-state index in [-0.39, 0.29) is 18.0 Å². The maximum atomic E-state index is 12.0. The minimum Gasteiger partial charge on any atom is -0.464 e. The number of sulfonamides is 1. The Bertz CT molecular complexity index is 520. The zero-order valence-corrected chi connectivity index (χ0v) is 11.8. The zero-order valence-electron chi connectivity index (χ0n) is 11.0. The molecule has 0 amide bonds. The SMILES string of the molecule is Cc1oc(CN)cc1S(=O)(=O)NCCOCC1CC1. The molecule has 2 rings (SSSR count). The highest BCUT2D eigenvalue weighted by Gasteiger charge is 2.22. The number of hydrogen-bond acceptors (Lipinski definition) is 5. The number of ether oxygens (including phenoxy) is 1. The maximum absolute atomic E-state index is 12.0. The molecule has 108 valence electrons. The summed E-state index contributed by atoms with van der Waals surface area (Å²) < 4.78 is 37.2. The van der Waals surface area contributed by atoms with E-state index in [0.717, 1.165) is 6.61 Å². The van der Waals surface area contributed by atoms with Crippen molar-refractivity contribution in [3.63, 3.8) is 0 Å². The Hall–Kier alpha value is -0.890. The average molecular weight is 288 g/mol. The van der Waals surface area contributed by atoms with Gasteiger partial charge in [0.25, 0.3) is 0 Å². The lowest BCUT2D eigenvalue weighted by atomic mass is 10.4. The Morgan fingerprint density at radius 1 is 1.53 bits per heavy atom. The Balaban J connectivity index is 1.83. The van der Waals surface area contributed by atoms with Crippen molar-refractivity contribution in [1.29, 1.82) is 0 Å². The molecule has 1 aromatic heterocycles. The molecule has 0 bridgehead atoms. The first-order valence-corrected chi connectivity index (χ1v) is 7.88. The Labute approximate surface area is 113 Å². The van der Waals surface area contributed by atoms with Crippen LogP contribution in [-0.4, -0.2) is 28.2 Å². The van der Waals surface area contributed by atoms with E-state index in [1.54, 1.807) is 6.92 Å². The van der Waals surface area contributed by atoms with Crippen molar-refractivity contribution in [2.24, 2.45) is 11.7 Å². The van der Waals surface area contributed by atoms with Crippen LogP contribution in [0, 0.1) is 12.8 Å². The summed E-state index contributed by atoms with van der Waals surface area (Å²) in [6.07, 6.45) is 2.45. The average Bonchev–Trinajstić information content (AvgIpc) is 3.10. The summed E-state index contributed by atoms with van der Waals surface area (Å²) in [5.41, 5.74) is 5.42. The van der Waals surface area contributed by atoms with Crippen molar-refractivity contribution in [2.45, 2.75) is 31.2 Å². The molecule has 1 saturated carbocycles. The van der Waals surface area contributed by atoms with Gasteiger partial charge in [-0.1, -0.05) is 0 Å². The van der Waals surface area contributed by atoms with Gasteiger partial charge in [-0.3, -0.25) is 0 Å². The molecule has 1 aliphatic rings. The zero-order chi connectivity index (χ0) is 13.9. The van der Waals surface area contributed by atoms with Crippen LogP contribution in [0.15, 0.2) is 15.4 Å². The molecule has 7 heteroatoms. The fraction of sp³-hybridized carbons (Fsp3) is 0.667. The highest BCUT2D eigenvalue weighted by atomic mass is 32.2. The Morgan fingerprint density at radius 3 is 2.84 bits per heavy atom. The highest BCUT2D eigenvalue weighted by Crippen LogP contribution is 2.28. The van der Waals surface area contributed by atoms with E-state index in [2.05, 4.69) is 4.72 Å². The van der Waals surface area contributed by atoms with Gasteiger partial charge in [0.05, 0.1) is 13.2 Å². The van der Waals surface area contributed by atoms with Crippen LogP contribution in [0.25, 0.3) is 0 Å². The van der Waals surface area contributed by atoms with E-state index in [1.165, 1.54) is 18.9 Å². The number of nitrogens with one attached hydrogen (secondary N) is 1. The van der Waals surface area contributed by atoms with E-state index in [4.69, 9.17) is 14.9 Å². The van der Waals surface area contributed by atoms with Crippen LogP contribution in [0.3, 0.4) is 0 Å². The number of hydrogen-bond donors (Lipinski definition) is 2. The molecule has 1 fully saturated rings. The van der Waals surface area contributed by atoms with E-state index in [0.29, 0.717) is 24.0 Å². The predicted octanol–water partition coefficient (Wildman–Crippen LogP) is 0.752. The van der Waals surface area contributed by atoms with Gasteiger partial charge in [0, 0.05) is 19.2 Å². The molecule has 1 aromatic rings. The summed E-state index contributed by atoms with van der Waals surface area (Å²) in [6.45, 7) is 3.16. The van der Waals surface area contributed by atoms with Crippen LogP contribution in [-0.2, 0) is 21.3 Å². The maximum Gasteiger partial charge on any atom is 0.244 e. The lowest BCUT2D eigenvalue weighted by Gasteiger charge is -2.06. The van der Waals surface area contributed by atoms with Crippen LogP contribution in [0.1, 0.15) is 24.4 Å². The molecule has 0 atom stereocenters. The van der Waals surface area contributed by atoms with Gasteiger partial charge in [-0.25, -0.2) is 13.1 Å². The van der Waals surface area contributed by atoms with Crippen molar-refractivity contribution < 1.29 is 17.6 Å². The monoisotopic (exact) mass is 288 g/mol. The van der Waals surface area contributed by atoms with Gasteiger partial charge in [0.15, 0.2) is 0 Å². The third kappa shape index (κ3) is 4.04. The standard InChI is InChI=1S/C12H20N2O4S/c1-9-12(6-11(7-13)18-9)19(15,16)14-4-5-17-8-10-2-3-10/h6,10,14H,2-5,7-8,13H2,1H3. The van der Waals surface area contributed by atoms with Crippen molar-refractivity contribution in [1.82, 2.24) is 4.72 Å². The minimum absolute atomic E-state index is 0.148. The molecule has 0 aromatic carbocycles. The Morgan fingerprint density at radius 2 is 2.26 bits per heavy atom. The molecule has 0 aliphatic heterocycles. The molecular formula is C12H20N2O4S. The van der Waals surface area contributed by atoms with Gasteiger partial charge in [-0.05, 0) is 25.7 Å². The molecule has 19 heavy (non-hydrogen) atoms. The Kier molecular flexibility index (Phi) is 4.62. The van der Waals surface area contributed by atoms with Gasteiger partial charge in [-0.15, -0.1) is 0 Å². The number of nitrogens with two attached hydrogens (primary N) is 1. The summed E-state index contributed by atoms with van der Waals surface area (Å²) in [5, 5.41) is 0. The third-order valence-electron chi connectivity index (χ3n) is 3.00. The smallest absolute Gasteiger partial charge is 0.244 e. The summed E-state index contributed by atoms with van der Waals surface area (Å²) >= 11 is 0. The van der Waals surface area contributed by atoms with E-state index in [1.807, 2.05) is 0 Å². The topological polar surface area (TPSA) is 94.6 Å². The number of aryl methyl sites for hydroxylation is 1. The third-order valence-corrected chi connectivity index (χ3v) is 4.57. The van der Waals surface area contributed by atoms with E-state index in [9.17, 15) is 8.42 Å². The van der Waals surface area contributed by atoms with Crippen molar-refractivity contribution in [2.75, 3.05) is 19.8 Å². The van der Waals surface area contributed by atoms with Crippen molar-refractivity contribution in [3.8, 4) is 0 Å². The van der Waals surface area contributed by atoms with Crippen molar-refractivity contribution >= 4 is 10.0 Å². The first-order chi connectivity index (χ1) is 9.03. The minimum atomic E-state index is -3.54. The molecular weight excluding hydrogens is 268 g/mol. The molecule has 0 spiro atoms. The van der Waals surface area contributed by atoms with Crippen LogP contribution in [0.4, 0.5) is 0 Å². The first-order valence-electron chi connectivity index (χ1n) is 6.39. The van der Waals surface area contributed by atoms with Crippen LogP contribution in [0.2, 0.25) is 0 Å². The van der Waals surface area contributed by atoms with Crippen LogP contribution in [0.5, 0.6) is 0 Å². The normalized spacial score (nSPS) is 15.9. The summed E-state index contributed by atoms with van der Waals surface area (Å²) in [6, 6.07) is 1.46. The van der Waals surface area contributed by atoms with Gasteiger partial charge >= 0.3 is 0 Å². The van der Waals surface area contributed by atoms with Crippen LogP contribution >= 0.6 is 0 Å². The fourth-order valence-electron chi connectivity index (χ4n) is 1.75. The van der Waals surface area contributed by atoms with Gasteiger partial charge in [0.2, 0.25) is 10.0 Å². The van der Waals surface area contributed by atoms with Crippen molar-refractivity contribution in [3.05, 3.63) is 17.6 Å². The second-order valence-corrected chi connectivity index (χ2v) is 6.49. The van der Waals surface area contributed by atoms with Gasteiger partial charge < -0.3 is 14.9 Å². The molecule has 1 aliphatic carbocycles. The molecule has 3 N–H and O–H groups in total. The number of furan rings is 1. The predicted molar refractivity (Wildman–Crippen MR) is 70.1 cm³/mol. The summed E-state index contributed by atoms with van der Waals surface area (Å²) in [4.78, 5) is 0.148. The first kappa shape index (κ1) is 14.5. The molecule has 0 saturated heterocycles. The number of rotatable bonds is 8. The largest absolute Gasteiger partial charge is 0.464 e. The second-order valence-electron chi connectivity index (χ2n) is 4.75. The van der Waals surface area contributed by atoms with E-state index < -0.39 is 10.0 Å². The molecule has 1 heterocycles. The fourth-order valence-corrected chi connectivity index (χ4v) is 2.97.